The third kappa shape index (κ3) is 3.79. The zero-order valence-electron chi connectivity index (χ0n) is 22.6. The summed E-state index contributed by atoms with van der Waals surface area (Å²) in [5, 5.41) is 14.5. The molecule has 2 aromatic rings. The molecule has 2 aliphatic carbocycles. The van der Waals surface area contributed by atoms with Crippen molar-refractivity contribution in [2.24, 2.45) is 0 Å². The number of ether oxygens (including phenoxy) is 1. The topological polar surface area (TPSA) is 73.8 Å². The lowest BCUT2D eigenvalue weighted by Crippen LogP contribution is -2.52. The van der Waals surface area contributed by atoms with Gasteiger partial charge in [-0.3, -0.25) is 4.90 Å². The van der Waals surface area contributed by atoms with Crippen molar-refractivity contribution in [3.63, 3.8) is 0 Å². The fourth-order valence-electron chi connectivity index (χ4n) is 8.92. The fraction of sp³-hybridized carbons (Fsp3) is 0.667. The molecule has 40 heavy (non-hydrogen) atoms. The van der Waals surface area contributed by atoms with Gasteiger partial charge in [-0.2, -0.15) is 9.97 Å². The summed E-state index contributed by atoms with van der Waals surface area (Å²) in [6, 6.07) is 4.24. The van der Waals surface area contributed by atoms with Crippen LogP contribution in [0.1, 0.15) is 73.5 Å². The summed E-state index contributed by atoms with van der Waals surface area (Å²) < 4.78 is 37.7. The molecule has 5 heterocycles. The lowest BCUT2D eigenvalue weighted by molar-refractivity contribution is 0.105. The molecule has 0 saturated carbocycles. The zero-order valence-corrected chi connectivity index (χ0v) is 23.4. The highest BCUT2D eigenvalue weighted by Gasteiger charge is 2.52. The van der Waals surface area contributed by atoms with E-state index < -0.39 is 17.8 Å². The van der Waals surface area contributed by atoms with Gasteiger partial charge in [0.2, 0.25) is 0 Å². The van der Waals surface area contributed by atoms with Gasteiger partial charge in [-0.15, -0.1) is 0 Å². The van der Waals surface area contributed by atoms with Crippen molar-refractivity contribution in [1.29, 1.82) is 0 Å². The number of alkyl halides is 2. The average molecular weight is 572 g/mol. The Hall–Kier alpha value is -2.23. The van der Waals surface area contributed by atoms with Crippen LogP contribution in [0, 0.1) is 0 Å². The number of anilines is 1. The fourth-order valence-corrected chi connectivity index (χ4v) is 9.23. The zero-order chi connectivity index (χ0) is 27.2. The number of hydrogen-bond acceptors (Lipinski definition) is 7. The second-order valence-electron chi connectivity index (χ2n) is 13.1. The van der Waals surface area contributed by atoms with Crippen molar-refractivity contribution in [2.75, 3.05) is 37.7 Å². The van der Waals surface area contributed by atoms with Crippen molar-refractivity contribution >= 4 is 17.4 Å². The van der Waals surface area contributed by atoms with Crippen LogP contribution in [0.5, 0.6) is 11.8 Å². The highest BCUT2D eigenvalue weighted by molar-refractivity contribution is 6.31. The predicted octanol–water partition coefficient (Wildman–Crippen LogP) is 4.57. The lowest BCUT2D eigenvalue weighted by Gasteiger charge is -2.41. The third-order valence-electron chi connectivity index (χ3n) is 10.8. The van der Waals surface area contributed by atoms with Gasteiger partial charge in [0.25, 0.3) is 0 Å². The molecular weight excluding hydrogens is 536 g/mol. The second kappa shape index (κ2) is 9.13. The van der Waals surface area contributed by atoms with Crippen molar-refractivity contribution < 1.29 is 18.6 Å². The van der Waals surface area contributed by atoms with E-state index in [1.165, 1.54) is 0 Å². The van der Waals surface area contributed by atoms with Crippen LogP contribution in [0.4, 0.5) is 14.6 Å². The molecule has 1 spiro atoms. The van der Waals surface area contributed by atoms with Crippen LogP contribution in [-0.2, 0) is 18.3 Å². The summed E-state index contributed by atoms with van der Waals surface area (Å²) in [6.07, 6.45) is 4.99. The molecule has 4 saturated heterocycles. The van der Waals surface area contributed by atoms with E-state index in [9.17, 15) is 9.50 Å². The van der Waals surface area contributed by atoms with Gasteiger partial charge in [-0.1, -0.05) is 11.6 Å². The summed E-state index contributed by atoms with van der Waals surface area (Å²) in [4.78, 5) is 14.2. The number of halogens is 3. The Morgan fingerprint density at radius 1 is 1.05 bits per heavy atom. The van der Waals surface area contributed by atoms with E-state index >= 15 is 4.39 Å². The minimum atomic E-state index is -1.37. The summed E-state index contributed by atoms with van der Waals surface area (Å²) in [5.74, 6) is 0.855. The van der Waals surface area contributed by atoms with Crippen molar-refractivity contribution in [3.05, 3.63) is 39.5 Å². The number of nitrogens with one attached hydrogen (secondary N) is 1. The Labute approximate surface area is 238 Å². The maximum absolute atomic E-state index is 17.0. The molecule has 0 amide bonds. The lowest BCUT2D eigenvalue weighted by atomic mass is 9.68. The maximum Gasteiger partial charge on any atom is 0.318 e. The van der Waals surface area contributed by atoms with Crippen LogP contribution in [0.15, 0.2) is 12.1 Å². The Balaban J connectivity index is 1.18. The molecule has 4 fully saturated rings. The molecule has 2 bridgehead atoms. The van der Waals surface area contributed by atoms with Gasteiger partial charge in [-0.25, -0.2) is 8.78 Å². The highest BCUT2D eigenvalue weighted by Crippen LogP contribution is 2.57. The van der Waals surface area contributed by atoms with Crippen LogP contribution in [0.2, 0.25) is 5.02 Å². The Bertz CT molecular complexity index is 1350. The standard InChI is InChI=1S/C30H36ClF2N5O2/c31-24-11-20(39)10-23-21(24)4-7-30(23)8-5-22-25(26(30)33)35-28(36-27(22)37-14-18-2-3-19(15-37)34-18)40-16-29-6-1-9-38(29)13-17(32)12-29/h10-11,17-19,26,34,39H,1-9,12-16H2/t17-,18?,19?,26?,29+,30?/m1/s1. The maximum atomic E-state index is 17.0. The van der Waals surface area contributed by atoms with Crippen molar-refractivity contribution in [3.8, 4) is 11.8 Å². The molecule has 4 unspecified atom stereocenters. The number of rotatable bonds is 4. The Morgan fingerprint density at radius 2 is 1.82 bits per heavy atom. The first-order valence-corrected chi connectivity index (χ1v) is 15.3. The molecule has 0 radical (unpaired) electrons. The first kappa shape index (κ1) is 25.5. The average Bonchev–Trinajstić information content (AvgIpc) is 3.66. The molecule has 2 N–H and O–H groups in total. The molecule has 6 atom stereocenters. The molecule has 6 aliphatic rings. The summed E-state index contributed by atoms with van der Waals surface area (Å²) in [7, 11) is 0. The highest BCUT2D eigenvalue weighted by atomic mass is 35.5. The van der Waals surface area contributed by atoms with Crippen molar-refractivity contribution in [1.82, 2.24) is 20.2 Å². The van der Waals surface area contributed by atoms with Gasteiger partial charge >= 0.3 is 6.01 Å². The van der Waals surface area contributed by atoms with Crippen LogP contribution in [0.25, 0.3) is 0 Å². The molecule has 10 heteroatoms. The van der Waals surface area contributed by atoms with Crippen LogP contribution in [-0.4, -0.2) is 76.6 Å². The van der Waals surface area contributed by atoms with Crippen LogP contribution in [0.3, 0.4) is 0 Å². The smallest absolute Gasteiger partial charge is 0.318 e. The SMILES string of the molecule is Oc1cc(Cl)c2c(c1)C1(CC2)CCc2c(nc(OC[C@@]34CCCN3C[C@H](F)C4)nc2N2CC3CCC(C2)N3)C1F. The van der Waals surface area contributed by atoms with Crippen LogP contribution >= 0.6 is 11.6 Å². The van der Waals surface area contributed by atoms with Crippen molar-refractivity contribution in [2.45, 2.75) is 93.2 Å². The number of nitrogens with zero attached hydrogens (tertiary/aromatic N) is 4. The molecule has 214 valence electrons. The molecule has 1 aromatic heterocycles. The number of fused-ring (bicyclic) bond motifs is 6. The van der Waals surface area contributed by atoms with Gasteiger partial charge < -0.3 is 20.1 Å². The Kier molecular flexibility index (Phi) is 5.82. The summed E-state index contributed by atoms with van der Waals surface area (Å²) >= 11 is 6.50. The number of aromatic hydroxyl groups is 1. The summed E-state index contributed by atoms with van der Waals surface area (Å²) in [5.41, 5.74) is 1.89. The molecule has 4 aliphatic heterocycles. The van der Waals surface area contributed by atoms with Gasteiger partial charge in [0.15, 0.2) is 6.17 Å². The third-order valence-corrected chi connectivity index (χ3v) is 11.2. The largest absolute Gasteiger partial charge is 0.508 e. The minimum absolute atomic E-state index is 0.0646. The number of phenolic OH excluding ortho intramolecular Hbond substituents is 1. The number of phenols is 1. The van der Waals surface area contributed by atoms with E-state index in [-0.39, 0.29) is 17.3 Å². The monoisotopic (exact) mass is 571 g/mol. The van der Waals surface area contributed by atoms with E-state index in [4.69, 9.17) is 26.3 Å². The van der Waals surface area contributed by atoms with Crippen LogP contribution < -0.4 is 15.0 Å². The Morgan fingerprint density at radius 3 is 2.62 bits per heavy atom. The second-order valence-corrected chi connectivity index (χ2v) is 13.5. The van der Waals surface area contributed by atoms with E-state index in [0.29, 0.717) is 68.1 Å². The first-order valence-electron chi connectivity index (χ1n) is 14.9. The number of aromatic nitrogens is 2. The number of benzene rings is 1. The minimum Gasteiger partial charge on any atom is -0.508 e. The molecule has 8 rings (SSSR count). The van der Waals surface area contributed by atoms with E-state index in [2.05, 4.69) is 15.1 Å². The predicted molar refractivity (Wildman–Crippen MR) is 148 cm³/mol. The quantitative estimate of drug-likeness (QED) is 0.557. The molecule has 1 aromatic carbocycles. The van der Waals surface area contributed by atoms with Gasteiger partial charge in [0.05, 0.1) is 11.2 Å². The van der Waals surface area contributed by atoms with E-state index in [0.717, 1.165) is 67.8 Å². The van der Waals surface area contributed by atoms with Gasteiger partial charge in [-0.05, 0) is 81.2 Å². The molecule has 7 nitrogen and oxygen atoms in total. The number of hydrogen-bond donors (Lipinski definition) is 2. The van der Waals surface area contributed by atoms with Gasteiger partial charge in [0.1, 0.15) is 24.3 Å². The van der Waals surface area contributed by atoms with E-state index in [1.54, 1.807) is 12.1 Å². The summed E-state index contributed by atoms with van der Waals surface area (Å²) in [6.45, 7) is 3.30. The first-order chi connectivity index (χ1) is 19.3. The molecular formula is C30H36ClF2N5O2. The number of piperazine rings is 1. The van der Waals surface area contributed by atoms with E-state index in [1.807, 2.05) is 0 Å². The normalized spacial score (nSPS) is 36.2. The van der Waals surface area contributed by atoms with Gasteiger partial charge in [0, 0.05) is 54.1 Å².